The first kappa shape index (κ1) is 17.7. The van der Waals surface area contributed by atoms with Gasteiger partial charge in [0.25, 0.3) is 6.01 Å². The van der Waals surface area contributed by atoms with Crippen molar-refractivity contribution in [3.63, 3.8) is 0 Å². The Morgan fingerprint density at radius 3 is 2.81 bits per heavy atom. The highest BCUT2D eigenvalue weighted by Gasteiger charge is 2.09. The molecule has 0 bridgehead atoms. The minimum atomic E-state index is 0.640. The van der Waals surface area contributed by atoms with Gasteiger partial charge in [-0.25, -0.2) is 0 Å². The average Bonchev–Trinajstić information content (AvgIpc) is 3.35. The van der Waals surface area contributed by atoms with Crippen LogP contribution in [0.4, 0.5) is 6.01 Å². The number of para-hydroxylation sites is 2. The molecule has 138 valence electrons. The van der Waals surface area contributed by atoms with Gasteiger partial charge in [0.2, 0.25) is 0 Å². The lowest BCUT2D eigenvalue weighted by Crippen LogP contribution is -2.20. The number of nitrogens with zero attached hydrogens (tertiary/aromatic N) is 3. The van der Waals surface area contributed by atoms with E-state index in [1.165, 1.54) is 0 Å². The zero-order valence-electron chi connectivity index (χ0n) is 15.2. The third kappa shape index (κ3) is 4.52. The maximum Gasteiger partial charge on any atom is 0.298 e. The predicted octanol–water partition coefficient (Wildman–Crippen LogP) is 4.85. The monoisotopic (exact) mass is 379 g/mol. The van der Waals surface area contributed by atoms with Crippen LogP contribution < -0.4 is 9.64 Å². The SMILES string of the molecule is CN(CCCOc1ccc(C=C2CSC=N2)cc1)c1nc2ccccc2o1. The van der Waals surface area contributed by atoms with Gasteiger partial charge in [-0.1, -0.05) is 24.3 Å². The molecule has 0 aliphatic carbocycles. The van der Waals surface area contributed by atoms with Crippen molar-refractivity contribution in [2.24, 2.45) is 4.99 Å². The Kier molecular flexibility index (Phi) is 5.44. The topological polar surface area (TPSA) is 50.9 Å². The molecule has 0 spiro atoms. The number of hydrogen-bond acceptors (Lipinski definition) is 6. The van der Waals surface area contributed by atoms with Crippen molar-refractivity contribution in [2.75, 3.05) is 30.9 Å². The van der Waals surface area contributed by atoms with Gasteiger partial charge < -0.3 is 14.1 Å². The lowest BCUT2D eigenvalue weighted by atomic mass is 10.2. The van der Waals surface area contributed by atoms with E-state index in [2.05, 4.69) is 28.2 Å². The molecule has 0 fully saturated rings. The highest BCUT2D eigenvalue weighted by atomic mass is 32.2. The van der Waals surface area contributed by atoms with Crippen LogP contribution in [0.3, 0.4) is 0 Å². The predicted molar refractivity (Wildman–Crippen MR) is 113 cm³/mol. The van der Waals surface area contributed by atoms with Crippen molar-refractivity contribution in [1.29, 1.82) is 0 Å². The minimum absolute atomic E-state index is 0.640. The molecule has 1 aromatic heterocycles. The van der Waals surface area contributed by atoms with Gasteiger partial charge in [-0.2, -0.15) is 4.98 Å². The molecule has 0 atom stereocenters. The summed E-state index contributed by atoms with van der Waals surface area (Å²) in [6.45, 7) is 1.46. The second-order valence-corrected chi connectivity index (χ2v) is 7.17. The van der Waals surface area contributed by atoms with Crippen molar-refractivity contribution in [2.45, 2.75) is 6.42 Å². The van der Waals surface area contributed by atoms with Gasteiger partial charge >= 0.3 is 0 Å². The Bertz CT molecular complexity index is 930. The van der Waals surface area contributed by atoms with Gasteiger partial charge in [0.05, 0.1) is 17.9 Å². The molecule has 2 aromatic carbocycles. The summed E-state index contributed by atoms with van der Waals surface area (Å²) in [5, 5.41) is 0. The molecule has 4 rings (SSSR count). The van der Waals surface area contributed by atoms with Crippen molar-refractivity contribution < 1.29 is 9.15 Å². The zero-order valence-corrected chi connectivity index (χ0v) is 16.0. The molecule has 0 amide bonds. The molecular formula is C21H21N3O2S. The van der Waals surface area contributed by atoms with Crippen molar-refractivity contribution in [1.82, 2.24) is 4.98 Å². The summed E-state index contributed by atoms with van der Waals surface area (Å²) in [4.78, 5) is 10.8. The molecule has 0 saturated heterocycles. The van der Waals surface area contributed by atoms with E-state index >= 15 is 0 Å². The number of aromatic nitrogens is 1. The van der Waals surface area contributed by atoms with Crippen LogP contribution in [0.5, 0.6) is 5.75 Å². The number of hydrogen-bond donors (Lipinski definition) is 0. The molecular weight excluding hydrogens is 358 g/mol. The number of ether oxygens (including phenoxy) is 1. The Balaban J connectivity index is 1.24. The van der Waals surface area contributed by atoms with E-state index in [0.717, 1.165) is 46.8 Å². The molecule has 0 unspecified atom stereocenters. The molecule has 0 saturated carbocycles. The van der Waals surface area contributed by atoms with Crippen LogP contribution in [0, 0.1) is 0 Å². The lowest BCUT2D eigenvalue weighted by Gasteiger charge is -2.14. The van der Waals surface area contributed by atoms with Crippen molar-refractivity contribution in [3.8, 4) is 5.75 Å². The molecule has 0 N–H and O–H groups in total. The maximum absolute atomic E-state index is 5.84. The smallest absolute Gasteiger partial charge is 0.298 e. The van der Waals surface area contributed by atoms with Crippen LogP contribution in [-0.4, -0.2) is 36.5 Å². The first-order chi connectivity index (χ1) is 13.3. The molecule has 1 aliphatic rings. The Morgan fingerprint density at radius 1 is 1.19 bits per heavy atom. The van der Waals surface area contributed by atoms with E-state index in [9.17, 15) is 0 Å². The molecule has 2 heterocycles. The molecule has 6 heteroatoms. The van der Waals surface area contributed by atoms with Gasteiger partial charge in [0, 0.05) is 19.3 Å². The second-order valence-electron chi connectivity index (χ2n) is 6.34. The summed E-state index contributed by atoms with van der Waals surface area (Å²) >= 11 is 1.72. The highest BCUT2D eigenvalue weighted by molar-refractivity contribution is 8.12. The van der Waals surface area contributed by atoms with Crippen molar-refractivity contribution >= 4 is 40.5 Å². The second kappa shape index (κ2) is 8.31. The van der Waals surface area contributed by atoms with E-state index in [0.29, 0.717) is 12.6 Å². The summed E-state index contributed by atoms with van der Waals surface area (Å²) < 4.78 is 11.6. The number of thioether (sulfide) groups is 1. The Morgan fingerprint density at radius 2 is 2.04 bits per heavy atom. The normalized spacial score (nSPS) is 14.9. The van der Waals surface area contributed by atoms with Gasteiger partial charge in [-0.3, -0.25) is 4.99 Å². The Labute approximate surface area is 162 Å². The quantitative estimate of drug-likeness (QED) is 0.549. The van der Waals surface area contributed by atoms with Crippen molar-refractivity contribution in [3.05, 3.63) is 59.8 Å². The lowest BCUT2D eigenvalue weighted by molar-refractivity contribution is 0.311. The standard InChI is InChI=1S/C21H21N3O2S/c1-24(21-23-19-5-2-3-6-20(19)26-21)11-4-12-25-18-9-7-16(8-10-18)13-17-14-27-15-22-17/h2-3,5-10,13,15H,4,11-12,14H2,1H3. The summed E-state index contributed by atoms with van der Waals surface area (Å²) in [6, 6.07) is 16.6. The van der Waals surface area contributed by atoms with Crippen LogP contribution in [0.2, 0.25) is 0 Å². The molecule has 1 aliphatic heterocycles. The molecule has 5 nitrogen and oxygen atoms in total. The van der Waals surface area contributed by atoms with Crippen LogP contribution in [0.25, 0.3) is 17.2 Å². The fraction of sp³-hybridized carbons (Fsp3) is 0.238. The minimum Gasteiger partial charge on any atom is -0.494 e. The summed E-state index contributed by atoms with van der Waals surface area (Å²) in [5.74, 6) is 1.83. The van der Waals surface area contributed by atoms with Crippen LogP contribution in [0.1, 0.15) is 12.0 Å². The van der Waals surface area contributed by atoms with E-state index in [1.807, 2.05) is 53.9 Å². The number of aliphatic imine (C=N–C) groups is 1. The summed E-state index contributed by atoms with van der Waals surface area (Å²) in [7, 11) is 1.98. The fourth-order valence-corrected chi connectivity index (χ4v) is 3.42. The first-order valence-electron chi connectivity index (χ1n) is 8.92. The third-order valence-electron chi connectivity index (χ3n) is 4.25. The number of benzene rings is 2. The molecule has 3 aromatic rings. The van der Waals surface area contributed by atoms with Gasteiger partial charge in [-0.05, 0) is 42.3 Å². The molecule has 27 heavy (non-hydrogen) atoms. The number of fused-ring (bicyclic) bond motifs is 1. The third-order valence-corrected chi connectivity index (χ3v) is 4.97. The molecule has 0 radical (unpaired) electrons. The summed E-state index contributed by atoms with van der Waals surface area (Å²) in [6.07, 6.45) is 2.99. The van der Waals surface area contributed by atoms with Gasteiger partial charge in [0.1, 0.15) is 11.3 Å². The van der Waals surface area contributed by atoms with Crippen LogP contribution >= 0.6 is 11.8 Å². The van der Waals surface area contributed by atoms with Gasteiger partial charge in [0.15, 0.2) is 5.58 Å². The zero-order chi connectivity index (χ0) is 18.5. The van der Waals surface area contributed by atoms with E-state index < -0.39 is 0 Å². The van der Waals surface area contributed by atoms with E-state index in [1.54, 1.807) is 11.8 Å². The number of rotatable bonds is 7. The van der Waals surface area contributed by atoms with E-state index in [4.69, 9.17) is 9.15 Å². The number of oxazole rings is 1. The van der Waals surface area contributed by atoms with Crippen LogP contribution in [-0.2, 0) is 0 Å². The first-order valence-corrected chi connectivity index (χ1v) is 9.97. The number of anilines is 1. The largest absolute Gasteiger partial charge is 0.494 e. The average molecular weight is 379 g/mol. The van der Waals surface area contributed by atoms with E-state index in [-0.39, 0.29) is 0 Å². The highest BCUT2D eigenvalue weighted by Crippen LogP contribution is 2.21. The fourth-order valence-electron chi connectivity index (χ4n) is 2.81. The maximum atomic E-state index is 5.84. The van der Waals surface area contributed by atoms with Gasteiger partial charge in [-0.15, -0.1) is 11.8 Å². The Hall–Kier alpha value is -2.73. The summed E-state index contributed by atoms with van der Waals surface area (Å²) in [5.41, 5.74) is 5.84. The van der Waals surface area contributed by atoms with Crippen LogP contribution in [0.15, 0.2) is 63.6 Å².